The van der Waals surface area contributed by atoms with Gasteiger partial charge in [-0.05, 0) is 35.3 Å². The van der Waals surface area contributed by atoms with E-state index in [2.05, 4.69) is 37.8 Å². The Kier molecular flexibility index (Phi) is 4.86. The Morgan fingerprint density at radius 2 is 1.86 bits per heavy atom. The monoisotopic (exact) mass is 286 g/mol. The lowest BCUT2D eigenvalue weighted by Crippen LogP contribution is -2.38. The minimum Gasteiger partial charge on any atom is -0.508 e. The van der Waals surface area contributed by atoms with E-state index in [0.29, 0.717) is 12.3 Å². The maximum Gasteiger partial charge on any atom is 0.120 e. The Labute approximate surface area is 127 Å². The van der Waals surface area contributed by atoms with Crippen molar-refractivity contribution in [3.63, 3.8) is 0 Å². The number of nitrogens with zero attached hydrogens (tertiary/aromatic N) is 1. The highest BCUT2D eigenvalue weighted by atomic mass is 16.3. The fourth-order valence-corrected chi connectivity index (χ4v) is 2.66. The number of phenolic OH excluding ortho intramolecular Hbond substituents is 1. The normalized spacial score (nSPS) is 12.2. The van der Waals surface area contributed by atoms with Gasteiger partial charge in [0.15, 0.2) is 0 Å². The molecule has 2 rings (SSSR count). The van der Waals surface area contributed by atoms with E-state index >= 15 is 0 Å². The van der Waals surface area contributed by atoms with Crippen LogP contribution in [0.3, 0.4) is 0 Å². The lowest BCUT2D eigenvalue weighted by Gasteiger charge is -2.31. The van der Waals surface area contributed by atoms with Gasteiger partial charge in [-0.25, -0.2) is 0 Å². The molecule has 3 nitrogen and oxygen atoms in total. The van der Waals surface area contributed by atoms with Crippen molar-refractivity contribution in [1.29, 1.82) is 0 Å². The van der Waals surface area contributed by atoms with Crippen molar-refractivity contribution in [1.82, 2.24) is 4.90 Å². The molecule has 0 fully saturated rings. The van der Waals surface area contributed by atoms with Gasteiger partial charge in [-0.2, -0.15) is 0 Å². The summed E-state index contributed by atoms with van der Waals surface area (Å²) in [5, 5.41) is 12.5. The molecule has 0 aliphatic carbocycles. The lowest BCUT2D eigenvalue weighted by molar-refractivity contribution is 0.182. The zero-order valence-electron chi connectivity index (χ0n) is 13.3. The second-order valence-corrected chi connectivity index (χ2v) is 6.46. The highest BCUT2D eigenvalue weighted by Gasteiger charge is 2.20. The zero-order valence-corrected chi connectivity index (χ0v) is 13.3. The molecule has 2 aromatic rings. The molecular weight excluding hydrogens is 260 g/mol. The first-order valence-corrected chi connectivity index (χ1v) is 7.59. The van der Waals surface area contributed by atoms with Gasteiger partial charge in [-0.3, -0.25) is 4.90 Å². The minimum atomic E-state index is 0.0796. The molecule has 0 spiro atoms. The van der Waals surface area contributed by atoms with Crippen LogP contribution in [0, 0.1) is 5.41 Å². The Bertz CT molecular complexity index is 607. The molecule has 3 N–H and O–H groups in total. The van der Waals surface area contributed by atoms with E-state index in [1.807, 2.05) is 18.2 Å². The molecule has 0 unspecified atom stereocenters. The fourth-order valence-electron chi connectivity index (χ4n) is 2.66. The summed E-state index contributed by atoms with van der Waals surface area (Å²) >= 11 is 0. The average molecular weight is 286 g/mol. The third kappa shape index (κ3) is 3.74. The van der Waals surface area contributed by atoms with Crippen LogP contribution in [-0.2, 0) is 6.54 Å². The van der Waals surface area contributed by atoms with Gasteiger partial charge in [-0.15, -0.1) is 0 Å². The molecule has 0 aliphatic heterocycles. The molecule has 0 aliphatic rings. The van der Waals surface area contributed by atoms with E-state index in [0.717, 1.165) is 30.6 Å². The Morgan fingerprint density at radius 3 is 2.52 bits per heavy atom. The first-order chi connectivity index (χ1) is 9.96. The average Bonchev–Trinajstić information content (AvgIpc) is 2.49. The highest BCUT2D eigenvalue weighted by molar-refractivity contribution is 5.87. The molecule has 0 saturated heterocycles. The van der Waals surface area contributed by atoms with Crippen molar-refractivity contribution >= 4 is 10.8 Å². The second-order valence-electron chi connectivity index (χ2n) is 6.46. The topological polar surface area (TPSA) is 49.5 Å². The van der Waals surface area contributed by atoms with E-state index < -0.39 is 0 Å². The van der Waals surface area contributed by atoms with Gasteiger partial charge in [-0.1, -0.05) is 51.1 Å². The van der Waals surface area contributed by atoms with Gasteiger partial charge < -0.3 is 10.8 Å². The molecule has 0 heterocycles. The predicted molar refractivity (Wildman–Crippen MR) is 89.4 cm³/mol. The van der Waals surface area contributed by atoms with Crippen LogP contribution in [0.1, 0.15) is 26.3 Å². The number of rotatable bonds is 6. The largest absolute Gasteiger partial charge is 0.508 e. The van der Waals surface area contributed by atoms with Crippen LogP contribution in [0.5, 0.6) is 5.75 Å². The molecule has 21 heavy (non-hydrogen) atoms. The van der Waals surface area contributed by atoms with E-state index in [4.69, 9.17) is 5.73 Å². The summed E-state index contributed by atoms with van der Waals surface area (Å²) in [5.74, 6) is 0.373. The van der Waals surface area contributed by atoms with E-state index in [9.17, 15) is 5.11 Å². The zero-order chi connectivity index (χ0) is 15.5. The van der Waals surface area contributed by atoms with Gasteiger partial charge >= 0.3 is 0 Å². The summed E-state index contributed by atoms with van der Waals surface area (Å²) in [6.07, 6.45) is 0. The summed E-state index contributed by atoms with van der Waals surface area (Å²) in [6, 6.07) is 12.0. The van der Waals surface area contributed by atoms with Crippen molar-refractivity contribution in [3.05, 3.63) is 42.0 Å². The summed E-state index contributed by atoms with van der Waals surface area (Å²) in [4.78, 5) is 2.34. The molecule has 3 heteroatoms. The van der Waals surface area contributed by atoms with Gasteiger partial charge in [0, 0.05) is 18.7 Å². The molecule has 0 bridgehead atoms. The van der Waals surface area contributed by atoms with Gasteiger partial charge in [0.1, 0.15) is 5.75 Å². The molecule has 0 amide bonds. The Morgan fingerprint density at radius 1 is 1.14 bits per heavy atom. The van der Waals surface area contributed by atoms with Crippen LogP contribution < -0.4 is 5.73 Å². The van der Waals surface area contributed by atoms with Crippen molar-refractivity contribution in [2.24, 2.45) is 11.1 Å². The fraction of sp³-hybridized carbons (Fsp3) is 0.444. The van der Waals surface area contributed by atoms with Crippen LogP contribution in [0.25, 0.3) is 10.8 Å². The van der Waals surface area contributed by atoms with Crippen molar-refractivity contribution in [2.45, 2.75) is 27.3 Å². The molecule has 0 radical (unpaired) electrons. The van der Waals surface area contributed by atoms with E-state index in [1.54, 1.807) is 6.07 Å². The summed E-state index contributed by atoms with van der Waals surface area (Å²) in [5.41, 5.74) is 6.93. The highest BCUT2D eigenvalue weighted by Crippen LogP contribution is 2.29. The summed E-state index contributed by atoms with van der Waals surface area (Å²) in [7, 11) is 0. The van der Waals surface area contributed by atoms with Crippen molar-refractivity contribution in [3.8, 4) is 5.75 Å². The lowest BCUT2D eigenvalue weighted by atomic mass is 9.92. The third-order valence-corrected chi connectivity index (χ3v) is 4.05. The molecule has 0 aromatic heterocycles. The molecule has 0 saturated carbocycles. The van der Waals surface area contributed by atoms with Crippen molar-refractivity contribution < 1.29 is 5.11 Å². The first-order valence-electron chi connectivity index (χ1n) is 7.59. The molecular formula is C18H26N2O. The maximum absolute atomic E-state index is 10.3. The van der Waals surface area contributed by atoms with Gasteiger partial charge in [0.05, 0.1) is 0 Å². The van der Waals surface area contributed by atoms with Crippen LogP contribution in [0.2, 0.25) is 0 Å². The van der Waals surface area contributed by atoms with Crippen LogP contribution in [0.4, 0.5) is 0 Å². The standard InChI is InChI=1S/C18H26N2O/c1-4-20(13-18(2,3)12-19)11-16-15-8-6-5-7-14(15)9-10-17(16)21/h5-10,21H,4,11-13,19H2,1-3H3. The van der Waals surface area contributed by atoms with E-state index in [1.165, 1.54) is 5.39 Å². The Hall–Kier alpha value is -1.58. The van der Waals surface area contributed by atoms with E-state index in [-0.39, 0.29) is 5.41 Å². The van der Waals surface area contributed by atoms with Crippen molar-refractivity contribution in [2.75, 3.05) is 19.6 Å². The minimum absolute atomic E-state index is 0.0796. The van der Waals surface area contributed by atoms with Gasteiger partial charge in [0.25, 0.3) is 0 Å². The Balaban J connectivity index is 2.31. The summed E-state index contributed by atoms with van der Waals surface area (Å²) in [6.45, 7) is 9.76. The predicted octanol–water partition coefficient (Wildman–Crippen LogP) is 3.35. The number of phenols is 1. The smallest absolute Gasteiger partial charge is 0.120 e. The molecule has 114 valence electrons. The van der Waals surface area contributed by atoms with Gasteiger partial charge in [0.2, 0.25) is 0 Å². The third-order valence-electron chi connectivity index (χ3n) is 4.05. The quantitative estimate of drug-likeness (QED) is 0.856. The number of hydrogen-bond acceptors (Lipinski definition) is 3. The van der Waals surface area contributed by atoms with Crippen LogP contribution in [-0.4, -0.2) is 29.6 Å². The number of fused-ring (bicyclic) bond motifs is 1. The second kappa shape index (κ2) is 6.46. The number of benzene rings is 2. The molecule has 2 aromatic carbocycles. The maximum atomic E-state index is 10.3. The number of aromatic hydroxyl groups is 1. The van der Waals surface area contributed by atoms with Crippen LogP contribution in [0.15, 0.2) is 36.4 Å². The summed E-state index contributed by atoms with van der Waals surface area (Å²) < 4.78 is 0. The number of nitrogens with two attached hydrogens (primary N) is 1. The van der Waals surface area contributed by atoms with Crippen LogP contribution >= 0.6 is 0 Å². The molecule has 0 atom stereocenters. The first kappa shape index (κ1) is 15.8. The number of hydrogen-bond donors (Lipinski definition) is 2. The SMILES string of the molecule is CCN(Cc1c(O)ccc2ccccc12)CC(C)(C)CN.